The largest absolute Gasteiger partial charge is 0.418 e. The highest BCUT2D eigenvalue weighted by Crippen LogP contribution is 2.38. The summed E-state index contributed by atoms with van der Waals surface area (Å²) < 4.78 is 39.3. The monoisotopic (exact) mass is 322 g/mol. The summed E-state index contributed by atoms with van der Waals surface area (Å²) in [4.78, 5) is 0. The van der Waals surface area contributed by atoms with E-state index in [1.807, 2.05) is 6.92 Å². The number of rotatable bonds is 2. The molecule has 18 heavy (non-hydrogen) atoms. The van der Waals surface area contributed by atoms with Gasteiger partial charge in [0.25, 0.3) is 0 Å². The van der Waals surface area contributed by atoms with E-state index < -0.39 is 11.7 Å². The summed E-state index contributed by atoms with van der Waals surface area (Å²) in [6.45, 7) is 3.41. The zero-order chi connectivity index (χ0) is 13.4. The molecule has 0 radical (unpaired) electrons. The summed E-state index contributed by atoms with van der Waals surface area (Å²) in [7, 11) is 0. The van der Waals surface area contributed by atoms with Crippen LogP contribution in [0.3, 0.4) is 0 Å². The Bertz CT molecular complexity index is 439. The first-order chi connectivity index (χ1) is 8.30. The summed E-state index contributed by atoms with van der Waals surface area (Å²) in [5, 5.41) is 6.17. The van der Waals surface area contributed by atoms with E-state index in [1.54, 1.807) is 6.07 Å². The molecule has 0 bridgehead atoms. The van der Waals surface area contributed by atoms with E-state index in [4.69, 9.17) is 0 Å². The Morgan fingerprint density at radius 3 is 2.67 bits per heavy atom. The molecule has 1 heterocycles. The van der Waals surface area contributed by atoms with Crippen LogP contribution in [0.15, 0.2) is 22.7 Å². The van der Waals surface area contributed by atoms with Gasteiger partial charge in [-0.15, -0.1) is 0 Å². The summed E-state index contributed by atoms with van der Waals surface area (Å²) >= 11 is 3.07. The number of halogens is 4. The molecular weight excluding hydrogens is 309 g/mol. The molecule has 1 fully saturated rings. The van der Waals surface area contributed by atoms with Gasteiger partial charge in [0.2, 0.25) is 0 Å². The average Bonchev–Trinajstić information content (AvgIpc) is 2.66. The van der Waals surface area contributed by atoms with Gasteiger partial charge in [-0.25, -0.2) is 0 Å². The smallest absolute Gasteiger partial charge is 0.378 e. The SMILES string of the molecule is CC1(Nc2ccc(Br)cc2C(F)(F)F)CCNC1. The van der Waals surface area contributed by atoms with Gasteiger partial charge in [0.1, 0.15) is 0 Å². The van der Waals surface area contributed by atoms with Crippen molar-refractivity contribution in [3.63, 3.8) is 0 Å². The molecular formula is C12H14BrF3N2. The molecule has 0 amide bonds. The predicted octanol–water partition coefficient (Wildman–Crippen LogP) is 3.63. The van der Waals surface area contributed by atoms with Crippen LogP contribution >= 0.6 is 15.9 Å². The Hall–Kier alpha value is -0.750. The van der Waals surface area contributed by atoms with Crippen LogP contribution in [-0.2, 0) is 6.18 Å². The minimum Gasteiger partial charge on any atom is -0.378 e. The standard InChI is InChI=1S/C12H14BrF3N2/c1-11(4-5-17-7-11)18-10-3-2-8(13)6-9(10)12(14,15)16/h2-3,6,17-18H,4-5,7H2,1H3. The fourth-order valence-electron chi connectivity index (χ4n) is 2.11. The van der Waals surface area contributed by atoms with Crippen molar-refractivity contribution in [2.75, 3.05) is 18.4 Å². The minimum atomic E-state index is -4.35. The Morgan fingerprint density at radius 2 is 2.11 bits per heavy atom. The summed E-state index contributed by atoms with van der Waals surface area (Å²) in [5.74, 6) is 0. The van der Waals surface area contributed by atoms with Crippen molar-refractivity contribution >= 4 is 21.6 Å². The Labute approximate surface area is 112 Å². The Kier molecular flexibility index (Phi) is 3.60. The highest BCUT2D eigenvalue weighted by molar-refractivity contribution is 9.10. The second-order valence-electron chi connectivity index (χ2n) is 4.80. The van der Waals surface area contributed by atoms with Crippen LogP contribution in [0.25, 0.3) is 0 Å². The number of hydrogen-bond acceptors (Lipinski definition) is 2. The molecule has 6 heteroatoms. The molecule has 1 saturated heterocycles. The third-order valence-electron chi connectivity index (χ3n) is 3.09. The van der Waals surface area contributed by atoms with Gasteiger partial charge >= 0.3 is 6.18 Å². The van der Waals surface area contributed by atoms with Crippen molar-refractivity contribution < 1.29 is 13.2 Å². The van der Waals surface area contributed by atoms with Crippen molar-refractivity contribution in [2.45, 2.75) is 25.1 Å². The third-order valence-corrected chi connectivity index (χ3v) is 3.59. The number of alkyl halides is 3. The van der Waals surface area contributed by atoms with Crippen LogP contribution in [0.5, 0.6) is 0 Å². The number of nitrogens with one attached hydrogen (secondary N) is 2. The number of benzene rings is 1. The molecule has 2 N–H and O–H groups in total. The van der Waals surface area contributed by atoms with E-state index in [-0.39, 0.29) is 11.2 Å². The minimum absolute atomic E-state index is 0.136. The van der Waals surface area contributed by atoms with Crippen molar-refractivity contribution in [3.05, 3.63) is 28.2 Å². The van der Waals surface area contributed by atoms with E-state index in [2.05, 4.69) is 26.6 Å². The van der Waals surface area contributed by atoms with E-state index in [9.17, 15) is 13.2 Å². The fraction of sp³-hybridized carbons (Fsp3) is 0.500. The van der Waals surface area contributed by atoms with Crippen molar-refractivity contribution in [1.29, 1.82) is 0 Å². The summed E-state index contributed by atoms with van der Waals surface area (Å²) in [6, 6.07) is 4.19. The molecule has 1 aliphatic heterocycles. The molecule has 0 aliphatic carbocycles. The first-order valence-corrected chi connectivity index (χ1v) is 6.45. The predicted molar refractivity (Wildman–Crippen MR) is 68.7 cm³/mol. The fourth-order valence-corrected chi connectivity index (χ4v) is 2.47. The lowest BCUT2D eigenvalue weighted by molar-refractivity contribution is -0.137. The van der Waals surface area contributed by atoms with Gasteiger partial charge in [-0.1, -0.05) is 15.9 Å². The third kappa shape index (κ3) is 2.98. The van der Waals surface area contributed by atoms with Gasteiger partial charge in [0, 0.05) is 22.2 Å². The van der Waals surface area contributed by atoms with E-state index in [0.717, 1.165) is 19.0 Å². The van der Waals surface area contributed by atoms with E-state index >= 15 is 0 Å². The zero-order valence-corrected chi connectivity index (χ0v) is 11.5. The van der Waals surface area contributed by atoms with Crippen molar-refractivity contribution in [2.24, 2.45) is 0 Å². The molecule has 0 spiro atoms. The van der Waals surface area contributed by atoms with Gasteiger partial charge in [0.05, 0.1) is 5.56 Å². The van der Waals surface area contributed by atoms with Crippen LogP contribution in [0.1, 0.15) is 18.9 Å². The average molecular weight is 323 g/mol. The molecule has 0 saturated carbocycles. The number of hydrogen-bond donors (Lipinski definition) is 2. The van der Waals surface area contributed by atoms with Gasteiger partial charge in [-0.3, -0.25) is 0 Å². The second kappa shape index (κ2) is 4.74. The lowest BCUT2D eigenvalue weighted by Gasteiger charge is -2.28. The first-order valence-electron chi connectivity index (χ1n) is 5.66. The first kappa shape index (κ1) is 13.7. The van der Waals surface area contributed by atoms with Crippen LogP contribution in [-0.4, -0.2) is 18.6 Å². The van der Waals surface area contributed by atoms with E-state index in [0.29, 0.717) is 11.0 Å². The van der Waals surface area contributed by atoms with Crippen LogP contribution in [0.2, 0.25) is 0 Å². The highest BCUT2D eigenvalue weighted by atomic mass is 79.9. The second-order valence-corrected chi connectivity index (χ2v) is 5.72. The molecule has 1 aromatic rings. The normalized spacial score (nSPS) is 24.3. The highest BCUT2D eigenvalue weighted by Gasteiger charge is 2.36. The Balaban J connectivity index is 2.32. The van der Waals surface area contributed by atoms with Crippen LogP contribution < -0.4 is 10.6 Å². The molecule has 1 aliphatic rings. The summed E-state index contributed by atoms with van der Waals surface area (Å²) in [5.41, 5.74) is -0.824. The number of anilines is 1. The molecule has 100 valence electrons. The van der Waals surface area contributed by atoms with Crippen molar-refractivity contribution in [1.82, 2.24) is 5.32 Å². The Morgan fingerprint density at radius 1 is 1.39 bits per heavy atom. The lowest BCUT2D eigenvalue weighted by atomic mass is 10.00. The topological polar surface area (TPSA) is 24.1 Å². The molecule has 1 atom stereocenters. The molecule has 2 rings (SSSR count). The maximum Gasteiger partial charge on any atom is 0.418 e. The van der Waals surface area contributed by atoms with Gasteiger partial charge < -0.3 is 10.6 Å². The van der Waals surface area contributed by atoms with Gasteiger partial charge in [-0.2, -0.15) is 13.2 Å². The van der Waals surface area contributed by atoms with Gasteiger partial charge in [-0.05, 0) is 38.1 Å². The summed E-state index contributed by atoms with van der Waals surface area (Å²) in [6.07, 6.45) is -3.55. The van der Waals surface area contributed by atoms with Crippen molar-refractivity contribution in [3.8, 4) is 0 Å². The molecule has 0 aromatic heterocycles. The van der Waals surface area contributed by atoms with Crippen LogP contribution in [0.4, 0.5) is 18.9 Å². The van der Waals surface area contributed by atoms with Gasteiger partial charge in [0.15, 0.2) is 0 Å². The van der Waals surface area contributed by atoms with E-state index in [1.165, 1.54) is 6.07 Å². The lowest BCUT2D eigenvalue weighted by Crippen LogP contribution is -2.37. The molecule has 1 aromatic carbocycles. The zero-order valence-electron chi connectivity index (χ0n) is 9.87. The molecule has 2 nitrogen and oxygen atoms in total. The van der Waals surface area contributed by atoms with Crippen LogP contribution in [0, 0.1) is 0 Å². The molecule has 1 unspecified atom stereocenters. The maximum atomic E-state index is 13.0. The quantitative estimate of drug-likeness (QED) is 0.868. The maximum absolute atomic E-state index is 13.0.